The van der Waals surface area contributed by atoms with Gasteiger partial charge in [-0.2, -0.15) is 0 Å². The maximum atomic E-state index is 5.90. The predicted molar refractivity (Wildman–Crippen MR) is 145 cm³/mol. The Hall–Kier alpha value is -1.53. The van der Waals surface area contributed by atoms with Crippen LogP contribution in [0.4, 0.5) is 0 Å². The van der Waals surface area contributed by atoms with E-state index < -0.39 is 0 Å². The smallest absolute Gasteiger partial charge is 0.127 e. The van der Waals surface area contributed by atoms with Crippen molar-refractivity contribution in [1.29, 1.82) is 0 Å². The second kappa shape index (κ2) is 14.0. The Morgan fingerprint density at radius 1 is 0.576 bits per heavy atom. The Kier molecular flexibility index (Phi) is 11.1. The van der Waals surface area contributed by atoms with Gasteiger partial charge in [0.05, 0.1) is 12.2 Å². The normalized spacial score (nSPS) is 17.5. The van der Waals surface area contributed by atoms with E-state index in [2.05, 4.69) is 12.1 Å². The Labute approximate surface area is 204 Å². The molecule has 2 fully saturated rings. The monoisotopic (exact) mass is 468 g/mol. The lowest BCUT2D eigenvalue weighted by Crippen LogP contribution is -2.14. The molecule has 0 saturated heterocycles. The first-order valence-corrected chi connectivity index (χ1v) is 14.5. The highest BCUT2D eigenvalue weighted by Gasteiger charge is 2.20. The van der Waals surface area contributed by atoms with Crippen LogP contribution in [-0.2, 0) is 0 Å². The molecule has 0 amide bonds. The standard InChI is InChI=1S/C18H22O2.C12H23P/c1-13(2)19-17-11-7-5-9-15(17)16-10-6-8-12-18(16)20-14(3)4;1-3-7-11(8-4-1)13-12-9-5-2-6-10-12/h5-14H,1-4H3;11-13H,1-10H2. The molecule has 182 valence electrons. The summed E-state index contributed by atoms with van der Waals surface area (Å²) in [7, 11) is 1.33. The van der Waals surface area contributed by atoms with E-state index in [1.165, 1.54) is 47.1 Å². The van der Waals surface area contributed by atoms with Gasteiger partial charge in [0.15, 0.2) is 0 Å². The topological polar surface area (TPSA) is 18.5 Å². The van der Waals surface area contributed by atoms with Gasteiger partial charge >= 0.3 is 0 Å². The minimum Gasteiger partial charge on any atom is -0.490 e. The van der Waals surface area contributed by atoms with Gasteiger partial charge in [-0.05, 0) is 76.8 Å². The van der Waals surface area contributed by atoms with Crippen LogP contribution in [0.15, 0.2) is 48.5 Å². The quantitative estimate of drug-likeness (QED) is 0.377. The van der Waals surface area contributed by atoms with Gasteiger partial charge in [0.2, 0.25) is 0 Å². The van der Waals surface area contributed by atoms with Gasteiger partial charge in [0.1, 0.15) is 11.5 Å². The summed E-state index contributed by atoms with van der Waals surface area (Å²) in [4.78, 5) is 0. The summed E-state index contributed by atoms with van der Waals surface area (Å²) in [6.45, 7) is 8.14. The van der Waals surface area contributed by atoms with Gasteiger partial charge in [0, 0.05) is 11.1 Å². The van der Waals surface area contributed by atoms with Crippen LogP contribution in [-0.4, -0.2) is 23.5 Å². The Morgan fingerprint density at radius 3 is 1.30 bits per heavy atom. The zero-order chi connectivity index (χ0) is 23.5. The minimum atomic E-state index is 0.148. The van der Waals surface area contributed by atoms with Crippen LogP contribution in [0.25, 0.3) is 11.1 Å². The highest BCUT2D eigenvalue weighted by molar-refractivity contribution is 7.39. The van der Waals surface area contributed by atoms with Crippen LogP contribution < -0.4 is 9.47 Å². The molecule has 4 rings (SSSR count). The third-order valence-electron chi connectivity index (χ3n) is 6.47. The number of ether oxygens (including phenoxy) is 2. The molecule has 2 aromatic rings. The van der Waals surface area contributed by atoms with Crippen LogP contribution in [0.1, 0.15) is 91.9 Å². The molecular formula is C30H45O2P. The molecule has 2 saturated carbocycles. The highest BCUT2D eigenvalue weighted by Crippen LogP contribution is 2.41. The van der Waals surface area contributed by atoms with Crippen molar-refractivity contribution in [2.75, 3.05) is 0 Å². The van der Waals surface area contributed by atoms with Crippen molar-refractivity contribution in [2.45, 2.75) is 115 Å². The highest BCUT2D eigenvalue weighted by atomic mass is 31.1. The lowest BCUT2D eigenvalue weighted by atomic mass is 10.00. The first-order valence-electron chi connectivity index (χ1n) is 13.3. The van der Waals surface area contributed by atoms with Gasteiger partial charge in [-0.1, -0.05) is 74.9 Å². The fourth-order valence-corrected chi connectivity index (χ4v) is 7.11. The van der Waals surface area contributed by atoms with Crippen molar-refractivity contribution in [3.05, 3.63) is 48.5 Å². The van der Waals surface area contributed by atoms with E-state index in [9.17, 15) is 0 Å². The molecule has 0 spiro atoms. The van der Waals surface area contributed by atoms with Crippen molar-refractivity contribution in [3.63, 3.8) is 0 Å². The molecule has 2 aliphatic rings. The molecule has 2 nitrogen and oxygen atoms in total. The maximum absolute atomic E-state index is 5.90. The van der Waals surface area contributed by atoms with Crippen molar-refractivity contribution < 1.29 is 9.47 Å². The largest absolute Gasteiger partial charge is 0.490 e. The van der Waals surface area contributed by atoms with Crippen LogP contribution >= 0.6 is 8.58 Å². The molecule has 0 unspecified atom stereocenters. The van der Waals surface area contributed by atoms with E-state index in [1.807, 2.05) is 64.1 Å². The van der Waals surface area contributed by atoms with Crippen molar-refractivity contribution in [1.82, 2.24) is 0 Å². The molecule has 0 radical (unpaired) electrons. The molecule has 0 N–H and O–H groups in total. The fraction of sp³-hybridized carbons (Fsp3) is 0.600. The fourth-order valence-electron chi connectivity index (χ4n) is 4.96. The van der Waals surface area contributed by atoms with Gasteiger partial charge in [-0.15, -0.1) is 8.58 Å². The molecule has 33 heavy (non-hydrogen) atoms. The third kappa shape index (κ3) is 8.97. The van der Waals surface area contributed by atoms with Crippen molar-refractivity contribution >= 4 is 8.58 Å². The summed E-state index contributed by atoms with van der Waals surface area (Å²) in [5.41, 5.74) is 4.43. The first-order chi connectivity index (χ1) is 16.0. The molecule has 0 aliphatic heterocycles. The minimum absolute atomic E-state index is 0.148. The van der Waals surface area contributed by atoms with Crippen LogP contribution in [0.5, 0.6) is 11.5 Å². The molecule has 3 heteroatoms. The van der Waals surface area contributed by atoms with Gasteiger partial charge < -0.3 is 9.47 Å². The number of hydrogen-bond donors (Lipinski definition) is 0. The van der Waals surface area contributed by atoms with E-state index in [0.29, 0.717) is 0 Å². The lowest BCUT2D eigenvalue weighted by molar-refractivity contribution is 0.239. The second-order valence-corrected chi connectivity index (χ2v) is 12.1. The molecule has 0 aromatic heterocycles. The maximum Gasteiger partial charge on any atom is 0.127 e. The number of benzene rings is 2. The Bertz CT molecular complexity index is 737. The van der Waals surface area contributed by atoms with Crippen molar-refractivity contribution in [3.8, 4) is 22.6 Å². The predicted octanol–water partition coefficient (Wildman–Crippen LogP) is 9.26. The van der Waals surface area contributed by atoms with Crippen LogP contribution in [0.3, 0.4) is 0 Å². The van der Waals surface area contributed by atoms with E-state index in [4.69, 9.17) is 9.47 Å². The summed E-state index contributed by atoms with van der Waals surface area (Å²) in [5, 5.41) is 0. The van der Waals surface area contributed by atoms with Gasteiger partial charge in [-0.3, -0.25) is 0 Å². The molecule has 2 aliphatic carbocycles. The average Bonchev–Trinajstić information content (AvgIpc) is 2.81. The van der Waals surface area contributed by atoms with Gasteiger partial charge in [0.25, 0.3) is 0 Å². The summed E-state index contributed by atoms with van der Waals surface area (Å²) in [6, 6.07) is 16.2. The molecule has 0 bridgehead atoms. The number of rotatable bonds is 7. The second-order valence-electron chi connectivity index (χ2n) is 10.2. The van der Waals surface area contributed by atoms with Crippen LogP contribution in [0, 0.1) is 0 Å². The molecule has 2 aromatic carbocycles. The lowest BCUT2D eigenvalue weighted by Gasteiger charge is -2.28. The summed E-state index contributed by atoms with van der Waals surface area (Å²) in [6.07, 6.45) is 15.7. The molecule has 0 atom stereocenters. The SMILES string of the molecule is C1CCC(PC2CCCCC2)CC1.CC(C)Oc1ccccc1-c1ccccc1OC(C)C. The third-order valence-corrected chi connectivity index (χ3v) is 8.57. The number of para-hydroxylation sites is 2. The van der Waals surface area contributed by atoms with E-state index in [-0.39, 0.29) is 12.2 Å². The van der Waals surface area contributed by atoms with Crippen LogP contribution in [0.2, 0.25) is 0 Å². The van der Waals surface area contributed by atoms with E-state index in [1.54, 1.807) is 25.7 Å². The van der Waals surface area contributed by atoms with Gasteiger partial charge in [-0.25, -0.2) is 0 Å². The zero-order valence-electron chi connectivity index (χ0n) is 21.3. The van der Waals surface area contributed by atoms with E-state index >= 15 is 0 Å². The van der Waals surface area contributed by atoms with E-state index in [0.717, 1.165) is 33.9 Å². The molecular weight excluding hydrogens is 423 g/mol. The Balaban J connectivity index is 0.000000203. The average molecular weight is 469 g/mol. The Morgan fingerprint density at radius 2 is 0.939 bits per heavy atom. The zero-order valence-corrected chi connectivity index (χ0v) is 22.3. The number of hydrogen-bond acceptors (Lipinski definition) is 2. The summed E-state index contributed by atoms with van der Waals surface area (Å²) < 4.78 is 11.8. The van der Waals surface area contributed by atoms with Crippen molar-refractivity contribution in [2.24, 2.45) is 0 Å². The first kappa shape index (κ1) is 26.1. The molecule has 0 heterocycles. The summed E-state index contributed by atoms with van der Waals surface area (Å²) in [5.74, 6) is 1.78. The summed E-state index contributed by atoms with van der Waals surface area (Å²) >= 11 is 0.